The number of amidine groups is 1. The van der Waals surface area contributed by atoms with E-state index in [1.54, 1.807) is 0 Å². The molecule has 0 radical (unpaired) electrons. The molecule has 1 aromatic heterocycles. The summed E-state index contributed by atoms with van der Waals surface area (Å²) in [5.41, 5.74) is 5.40. The zero-order chi connectivity index (χ0) is 12.8. The highest BCUT2D eigenvalue weighted by atomic mass is 19.1. The van der Waals surface area contributed by atoms with Crippen molar-refractivity contribution < 1.29 is 9.60 Å². The zero-order valence-electron chi connectivity index (χ0n) is 9.84. The number of rotatable bonds is 5. The Morgan fingerprint density at radius 1 is 1.53 bits per heavy atom. The number of hydrogen-bond donors (Lipinski definition) is 2. The van der Waals surface area contributed by atoms with Crippen LogP contribution in [0, 0.1) is 5.82 Å². The number of aromatic nitrogens is 2. The molecule has 0 saturated heterocycles. The largest absolute Gasteiger partial charge is 0.409 e. The minimum absolute atomic E-state index is 0.131. The van der Waals surface area contributed by atoms with Gasteiger partial charge in [-0.2, -0.15) is 0 Å². The maximum absolute atomic E-state index is 12.7. The van der Waals surface area contributed by atoms with Crippen molar-refractivity contribution in [1.82, 2.24) is 9.97 Å². The van der Waals surface area contributed by atoms with Crippen LogP contribution in [-0.2, 0) is 0 Å². The molecule has 1 rings (SSSR count). The topological polar surface area (TPSA) is 87.6 Å². The lowest BCUT2D eigenvalue weighted by atomic mass is 10.3. The third-order valence-electron chi connectivity index (χ3n) is 2.22. The fraction of sp³-hybridized carbons (Fsp3) is 0.500. The van der Waals surface area contributed by atoms with Crippen molar-refractivity contribution in [1.29, 1.82) is 0 Å². The molecule has 6 nitrogen and oxygen atoms in total. The van der Waals surface area contributed by atoms with Gasteiger partial charge >= 0.3 is 0 Å². The van der Waals surface area contributed by atoms with E-state index in [0.717, 1.165) is 12.4 Å². The second kappa shape index (κ2) is 5.97. The van der Waals surface area contributed by atoms with Gasteiger partial charge in [-0.05, 0) is 13.8 Å². The molecule has 0 aliphatic heterocycles. The van der Waals surface area contributed by atoms with Crippen LogP contribution >= 0.6 is 0 Å². The van der Waals surface area contributed by atoms with Gasteiger partial charge in [0.15, 0.2) is 5.82 Å². The predicted octanol–water partition coefficient (Wildman–Crippen LogP) is 0.967. The van der Waals surface area contributed by atoms with E-state index in [0.29, 0.717) is 18.9 Å². The molecule has 0 spiro atoms. The fourth-order valence-corrected chi connectivity index (χ4v) is 1.33. The van der Waals surface area contributed by atoms with Crippen molar-refractivity contribution in [2.45, 2.75) is 26.3 Å². The lowest BCUT2D eigenvalue weighted by Gasteiger charge is -2.26. The van der Waals surface area contributed by atoms with Gasteiger partial charge in [0.25, 0.3) is 0 Å². The molecule has 0 unspecified atom stereocenters. The Bertz CT molecular complexity index is 379. The average Bonchev–Trinajstić information content (AvgIpc) is 2.31. The van der Waals surface area contributed by atoms with Gasteiger partial charge in [-0.25, -0.2) is 14.4 Å². The molecule has 1 heterocycles. The second-order valence-electron chi connectivity index (χ2n) is 3.83. The molecule has 0 fully saturated rings. The van der Waals surface area contributed by atoms with Gasteiger partial charge in [0, 0.05) is 19.0 Å². The fourth-order valence-electron chi connectivity index (χ4n) is 1.33. The van der Waals surface area contributed by atoms with Crippen LogP contribution in [-0.4, -0.2) is 33.6 Å². The van der Waals surface area contributed by atoms with E-state index in [-0.39, 0.29) is 11.9 Å². The van der Waals surface area contributed by atoms with Gasteiger partial charge in [0.1, 0.15) is 5.84 Å². The van der Waals surface area contributed by atoms with Crippen molar-refractivity contribution in [3.8, 4) is 0 Å². The van der Waals surface area contributed by atoms with Crippen LogP contribution in [0.5, 0.6) is 0 Å². The molecule has 3 N–H and O–H groups in total. The van der Waals surface area contributed by atoms with Crippen LogP contribution in [0.4, 0.5) is 10.3 Å². The van der Waals surface area contributed by atoms with E-state index in [1.807, 2.05) is 18.7 Å². The van der Waals surface area contributed by atoms with Gasteiger partial charge in [0.2, 0.25) is 5.95 Å². The molecular weight excluding hydrogens is 225 g/mol. The van der Waals surface area contributed by atoms with Crippen molar-refractivity contribution in [3.63, 3.8) is 0 Å². The van der Waals surface area contributed by atoms with Gasteiger partial charge in [-0.15, -0.1) is 0 Å². The minimum Gasteiger partial charge on any atom is -0.409 e. The summed E-state index contributed by atoms with van der Waals surface area (Å²) in [6.07, 6.45) is 2.61. The lowest BCUT2D eigenvalue weighted by Crippen LogP contribution is -2.35. The molecule has 1 aromatic rings. The van der Waals surface area contributed by atoms with Crippen LogP contribution in [0.2, 0.25) is 0 Å². The summed E-state index contributed by atoms with van der Waals surface area (Å²) >= 11 is 0. The summed E-state index contributed by atoms with van der Waals surface area (Å²) in [7, 11) is 0. The number of hydrogen-bond acceptors (Lipinski definition) is 5. The molecule has 0 aliphatic rings. The molecule has 0 amide bonds. The Hall–Kier alpha value is -1.92. The van der Waals surface area contributed by atoms with Crippen molar-refractivity contribution in [3.05, 3.63) is 18.2 Å². The molecule has 0 atom stereocenters. The molecule has 0 bridgehead atoms. The van der Waals surface area contributed by atoms with E-state index >= 15 is 0 Å². The first-order valence-corrected chi connectivity index (χ1v) is 5.25. The highest BCUT2D eigenvalue weighted by molar-refractivity contribution is 5.80. The van der Waals surface area contributed by atoms with E-state index in [1.165, 1.54) is 0 Å². The summed E-state index contributed by atoms with van der Waals surface area (Å²) in [6.45, 7) is 4.41. The summed E-state index contributed by atoms with van der Waals surface area (Å²) < 4.78 is 12.7. The number of anilines is 1. The number of halogens is 1. The normalized spacial score (nSPS) is 11.9. The Kier molecular flexibility index (Phi) is 4.62. The van der Waals surface area contributed by atoms with E-state index in [2.05, 4.69) is 15.1 Å². The molecule has 7 heteroatoms. The third-order valence-corrected chi connectivity index (χ3v) is 2.22. The van der Waals surface area contributed by atoms with Gasteiger partial charge in [-0.1, -0.05) is 5.16 Å². The molecule has 0 aromatic carbocycles. The van der Waals surface area contributed by atoms with Crippen molar-refractivity contribution in [2.24, 2.45) is 10.9 Å². The van der Waals surface area contributed by atoms with Crippen LogP contribution < -0.4 is 10.6 Å². The molecule has 94 valence electrons. The molecule has 0 aliphatic carbocycles. The monoisotopic (exact) mass is 241 g/mol. The summed E-state index contributed by atoms with van der Waals surface area (Å²) in [6, 6.07) is 0.131. The van der Waals surface area contributed by atoms with Gasteiger partial charge in [-0.3, -0.25) is 0 Å². The summed E-state index contributed by atoms with van der Waals surface area (Å²) in [5, 5.41) is 11.4. The third kappa shape index (κ3) is 3.86. The quantitative estimate of drug-likeness (QED) is 0.347. The lowest BCUT2D eigenvalue weighted by molar-refractivity contribution is 0.317. The number of nitrogens with two attached hydrogens (primary N) is 1. The predicted molar refractivity (Wildman–Crippen MR) is 62.5 cm³/mol. The Labute approximate surface area is 99.0 Å². The molecule has 0 saturated carbocycles. The number of oxime groups is 1. The maximum Gasteiger partial charge on any atom is 0.225 e. The van der Waals surface area contributed by atoms with E-state index < -0.39 is 5.82 Å². The SMILES string of the molecule is CC(C)N(CCC(N)=NO)c1ncc(F)cn1. The Morgan fingerprint density at radius 3 is 2.59 bits per heavy atom. The minimum atomic E-state index is -0.478. The highest BCUT2D eigenvalue weighted by Crippen LogP contribution is 2.11. The zero-order valence-corrected chi connectivity index (χ0v) is 9.84. The summed E-state index contributed by atoms with van der Waals surface area (Å²) in [5.74, 6) is 0.0822. The Balaban J connectivity index is 2.75. The average molecular weight is 241 g/mol. The van der Waals surface area contributed by atoms with Crippen LogP contribution in [0.1, 0.15) is 20.3 Å². The smallest absolute Gasteiger partial charge is 0.225 e. The first-order chi connectivity index (χ1) is 8.04. The maximum atomic E-state index is 12.7. The first-order valence-electron chi connectivity index (χ1n) is 5.25. The number of nitrogens with zero attached hydrogens (tertiary/aromatic N) is 4. The van der Waals surface area contributed by atoms with E-state index in [4.69, 9.17) is 10.9 Å². The van der Waals surface area contributed by atoms with Gasteiger partial charge in [0.05, 0.1) is 12.4 Å². The standard InChI is InChI=1S/C10H16FN5O/c1-7(2)16(4-3-9(12)15-17)10-13-5-8(11)6-14-10/h5-7,17H,3-4H2,1-2H3,(H2,12,15). The molecular formula is C10H16FN5O. The van der Waals surface area contributed by atoms with Crippen LogP contribution in [0.25, 0.3) is 0 Å². The highest BCUT2D eigenvalue weighted by Gasteiger charge is 2.13. The van der Waals surface area contributed by atoms with Gasteiger partial charge < -0.3 is 15.8 Å². The van der Waals surface area contributed by atoms with Crippen LogP contribution in [0.3, 0.4) is 0 Å². The summed E-state index contributed by atoms with van der Waals surface area (Å²) in [4.78, 5) is 9.65. The van der Waals surface area contributed by atoms with Crippen molar-refractivity contribution in [2.75, 3.05) is 11.4 Å². The van der Waals surface area contributed by atoms with Crippen LogP contribution in [0.15, 0.2) is 17.5 Å². The Morgan fingerprint density at radius 2 is 2.12 bits per heavy atom. The van der Waals surface area contributed by atoms with Crippen molar-refractivity contribution >= 4 is 11.8 Å². The second-order valence-corrected chi connectivity index (χ2v) is 3.83. The molecule has 17 heavy (non-hydrogen) atoms. The van der Waals surface area contributed by atoms with E-state index in [9.17, 15) is 4.39 Å². The first kappa shape index (κ1) is 13.1.